The second kappa shape index (κ2) is 14.9. The highest BCUT2D eigenvalue weighted by Crippen LogP contribution is 2.48. The van der Waals surface area contributed by atoms with Gasteiger partial charge in [-0.3, -0.25) is 0 Å². The Labute approximate surface area is 360 Å². The lowest BCUT2D eigenvalue weighted by Gasteiger charge is -2.28. The van der Waals surface area contributed by atoms with E-state index in [0.717, 1.165) is 78.0 Å². The Bertz CT molecular complexity index is 3430. The molecule has 0 atom stereocenters. The van der Waals surface area contributed by atoms with Crippen LogP contribution >= 0.6 is 0 Å². The van der Waals surface area contributed by atoms with Gasteiger partial charge < -0.3 is 14.1 Å². The molecule has 1 aliphatic heterocycles. The highest BCUT2D eigenvalue weighted by atomic mass is 16.5. The summed E-state index contributed by atoms with van der Waals surface area (Å²) in [5.74, 6) is 1.72. The minimum Gasteiger partial charge on any atom is -0.457 e. The van der Waals surface area contributed by atoms with Crippen LogP contribution in [-0.4, -0.2) is 6.71 Å². The van der Waals surface area contributed by atoms with E-state index in [2.05, 4.69) is 229 Å². The van der Waals surface area contributed by atoms with Gasteiger partial charge in [-0.15, -0.1) is 0 Å². The number of nitrogens with zero attached hydrogens (tertiary/aromatic N) is 1. The summed E-state index contributed by atoms with van der Waals surface area (Å²) in [6, 6.07) is 82.1. The lowest BCUT2D eigenvalue weighted by molar-refractivity contribution is 0.487. The third-order valence-corrected chi connectivity index (χ3v) is 12.4. The Balaban J connectivity index is 0.930. The Morgan fingerprint density at radius 3 is 1.85 bits per heavy atom. The Kier molecular flexibility index (Phi) is 8.60. The lowest BCUT2D eigenvalue weighted by atomic mass is 9.36. The van der Waals surface area contributed by atoms with E-state index in [-0.39, 0.29) is 6.71 Å². The largest absolute Gasteiger partial charge is 0.457 e. The second-order valence-corrected chi connectivity index (χ2v) is 16.0. The van der Waals surface area contributed by atoms with Crippen LogP contribution in [0, 0.1) is 0 Å². The minimum absolute atomic E-state index is 0.0684. The summed E-state index contributed by atoms with van der Waals surface area (Å²) < 4.78 is 13.5. The van der Waals surface area contributed by atoms with Crippen molar-refractivity contribution in [1.29, 1.82) is 0 Å². The van der Waals surface area contributed by atoms with Crippen LogP contribution in [0.15, 0.2) is 235 Å². The van der Waals surface area contributed by atoms with Crippen molar-refractivity contribution in [2.45, 2.75) is 0 Å². The van der Waals surface area contributed by atoms with E-state index in [4.69, 9.17) is 9.15 Å². The van der Waals surface area contributed by atoms with Crippen LogP contribution in [0.1, 0.15) is 0 Å². The molecule has 0 saturated heterocycles. The molecule has 0 unspecified atom stereocenters. The molecule has 10 aromatic carbocycles. The molecule has 1 aliphatic rings. The zero-order valence-corrected chi connectivity index (χ0v) is 33.8. The summed E-state index contributed by atoms with van der Waals surface area (Å²) in [6.45, 7) is -0.0684. The van der Waals surface area contributed by atoms with Crippen LogP contribution in [0.2, 0.25) is 0 Å². The van der Waals surface area contributed by atoms with Gasteiger partial charge in [0.2, 0.25) is 6.71 Å². The molecule has 1 aromatic heterocycles. The van der Waals surface area contributed by atoms with Crippen LogP contribution in [0.3, 0.4) is 0 Å². The van der Waals surface area contributed by atoms with Crippen molar-refractivity contribution in [1.82, 2.24) is 0 Å². The van der Waals surface area contributed by atoms with E-state index in [1.165, 1.54) is 33.0 Å². The summed E-state index contributed by atoms with van der Waals surface area (Å²) in [4.78, 5) is 2.34. The topological polar surface area (TPSA) is 25.6 Å². The van der Waals surface area contributed by atoms with E-state index in [9.17, 15) is 0 Å². The van der Waals surface area contributed by atoms with Crippen molar-refractivity contribution >= 4 is 72.9 Å². The molecule has 0 saturated carbocycles. The number of hydrogen-bond donors (Lipinski definition) is 0. The first-order valence-corrected chi connectivity index (χ1v) is 21.2. The quantitative estimate of drug-likeness (QED) is 0.143. The third kappa shape index (κ3) is 5.99. The molecule has 0 bridgehead atoms. The maximum Gasteiger partial charge on any atom is 0.246 e. The number of hydrogen-bond acceptors (Lipinski definition) is 3. The number of fused-ring (bicyclic) bond motifs is 5. The molecule has 0 spiro atoms. The Hall–Kier alpha value is -8.08. The van der Waals surface area contributed by atoms with Crippen molar-refractivity contribution in [2.24, 2.45) is 0 Å². The molecule has 0 N–H and O–H groups in total. The smallest absolute Gasteiger partial charge is 0.246 e. The van der Waals surface area contributed by atoms with E-state index in [1.807, 2.05) is 6.07 Å². The summed E-state index contributed by atoms with van der Waals surface area (Å²) >= 11 is 0. The van der Waals surface area contributed by atoms with Crippen molar-refractivity contribution in [3.8, 4) is 44.9 Å². The van der Waals surface area contributed by atoms with Gasteiger partial charge in [-0.05, 0) is 87.7 Å². The van der Waals surface area contributed by atoms with Gasteiger partial charge >= 0.3 is 0 Å². The molecule has 4 heteroatoms. The molecular formula is C58H38BNO2. The lowest BCUT2D eigenvalue weighted by Crippen LogP contribution is -2.52. The fraction of sp³-hybridized carbons (Fsp3) is 0. The number of para-hydroxylation sites is 4. The summed E-state index contributed by atoms with van der Waals surface area (Å²) in [5.41, 5.74) is 15.5. The molecule has 62 heavy (non-hydrogen) atoms. The number of benzene rings is 10. The van der Waals surface area contributed by atoms with Gasteiger partial charge in [-0.2, -0.15) is 0 Å². The van der Waals surface area contributed by atoms with Gasteiger partial charge in [0.05, 0.1) is 5.69 Å². The van der Waals surface area contributed by atoms with Crippen molar-refractivity contribution < 1.29 is 9.15 Å². The van der Waals surface area contributed by atoms with Crippen LogP contribution in [0.5, 0.6) is 11.5 Å². The van der Waals surface area contributed by atoms with Crippen molar-refractivity contribution in [3.63, 3.8) is 0 Å². The van der Waals surface area contributed by atoms with E-state index in [0.29, 0.717) is 0 Å². The predicted molar refractivity (Wildman–Crippen MR) is 260 cm³/mol. The van der Waals surface area contributed by atoms with Crippen molar-refractivity contribution in [2.75, 3.05) is 4.90 Å². The predicted octanol–water partition coefficient (Wildman–Crippen LogP) is 13.8. The van der Waals surface area contributed by atoms with E-state index >= 15 is 0 Å². The first-order valence-electron chi connectivity index (χ1n) is 21.2. The Morgan fingerprint density at radius 2 is 1.02 bits per heavy atom. The molecule has 12 rings (SSSR count). The van der Waals surface area contributed by atoms with E-state index < -0.39 is 0 Å². The normalized spacial score (nSPS) is 11.7. The van der Waals surface area contributed by atoms with Gasteiger partial charge in [0.25, 0.3) is 0 Å². The zero-order chi connectivity index (χ0) is 41.0. The number of rotatable bonds is 8. The van der Waals surface area contributed by atoms with Crippen LogP contribution in [-0.2, 0) is 0 Å². The molecule has 2 heterocycles. The summed E-state index contributed by atoms with van der Waals surface area (Å²) in [6.07, 6.45) is 0. The maximum atomic E-state index is 6.87. The molecular weight excluding hydrogens is 753 g/mol. The number of furan rings is 1. The van der Waals surface area contributed by atoms with Crippen molar-refractivity contribution in [3.05, 3.63) is 231 Å². The zero-order valence-electron chi connectivity index (χ0n) is 33.8. The summed E-state index contributed by atoms with van der Waals surface area (Å²) in [7, 11) is 0. The minimum atomic E-state index is -0.0684. The van der Waals surface area contributed by atoms with E-state index in [1.54, 1.807) is 0 Å². The first-order chi connectivity index (χ1) is 30.8. The molecule has 11 aromatic rings. The molecule has 0 aliphatic carbocycles. The number of ether oxygens (including phenoxy) is 1. The van der Waals surface area contributed by atoms with Gasteiger partial charge in [0.1, 0.15) is 22.7 Å². The SMILES string of the molecule is c1ccc(B(c2ccc3c4c(cccc24)Oc2cc(-c4ccc(N(c5ccccc5)c5ccccc5-c5ccccc5)cc4)ccc2-3)c2cccc3c2oc2ccccc23)cc1. The average Bonchev–Trinajstić information content (AvgIpc) is 3.73. The molecule has 0 amide bonds. The summed E-state index contributed by atoms with van der Waals surface area (Å²) in [5, 5.41) is 4.56. The highest BCUT2D eigenvalue weighted by Gasteiger charge is 2.30. The monoisotopic (exact) mass is 791 g/mol. The van der Waals surface area contributed by atoms with Gasteiger partial charge in [0, 0.05) is 38.7 Å². The third-order valence-electron chi connectivity index (χ3n) is 12.4. The van der Waals surface area contributed by atoms with Gasteiger partial charge in [0.15, 0.2) is 0 Å². The molecule has 0 radical (unpaired) electrons. The second-order valence-electron chi connectivity index (χ2n) is 16.0. The van der Waals surface area contributed by atoms with Crippen LogP contribution in [0.25, 0.3) is 66.1 Å². The Morgan fingerprint density at radius 1 is 0.371 bits per heavy atom. The maximum absolute atomic E-state index is 6.87. The molecule has 3 nitrogen and oxygen atoms in total. The molecule has 0 fully saturated rings. The first kappa shape index (κ1) is 35.8. The van der Waals surface area contributed by atoms with Gasteiger partial charge in [-0.1, -0.05) is 187 Å². The highest BCUT2D eigenvalue weighted by molar-refractivity contribution is 6.98. The van der Waals surface area contributed by atoms with Crippen LogP contribution in [0.4, 0.5) is 17.1 Å². The molecule has 290 valence electrons. The van der Waals surface area contributed by atoms with Crippen LogP contribution < -0.4 is 26.0 Å². The average molecular weight is 792 g/mol. The fourth-order valence-corrected chi connectivity index (χ4v) is 9.59. The standard InChI is InChI=1S/C58H38BNO2/c1-4-16-40(17-5-1)45-22-10-12-27-53(45)60(43-20-8-3-9-21-43)44-33-30-39(31-34-44)41-32-35-47-48-36-37-51(50-25-15-29-55(57(48)50)61-56(47)38-41)59(42-18-6-2-7-19-42)52-26-14-24-49-46-23-11-13-28-54(46)62-58(49)52/h1-38H. The number of anilines is 3. The van der Waals surface area contributed by atoms with Gasteiger partial charge in [-0.25, -0.2) is 0 Å². The fourth-order valence-electron chi connectivity index (χ4n) is 9.59.